The highest BCUT2D eigenvalue weighted by Gasteiger charge is 2.25. The lowest BCUT2D eigenvalue weighted by Gasteiger charge is -2.25. The number of amides is 1. The number of hydrogen-bond acceptors (Lipinski definition) is 2. The van der Waals surface area contributed by atoms with Gasteiger partial charge in [-0.25, -0.2) is 4.39 Å². The molecule has 0 saturated heterocycles. The fourth-order valence-corrected chi connectivity index (χ4v) is 1.42. The van der Waals surface area contributed by atoms with Crippen LogP contribution in [0.5, 0.6) is 0 Å². The molecule has 6 heteroatoms. The van der Waals surface area contributed by atoms with Gasteiger partial charge < -0.3 is 5.32 Å². The van der Waals surface area contributed by atoms with Crippen LogP contribution in [0.1, 0.15) is 17.3 Å². The van der Waals surface area contributed by atoms with E-state index < -0.39 is 17.3 Å². The number of halogens is 3. The van der Waals surface area contributed by atoms with Gasteiger partial charge in [-0.3, -0.25) is 9.78 Å². The third kappa shape index (κ3) is 3.06. The molecule has 0 spiro atoms. The first kappa shape index (κ1) is 13.2. The van der Waals surface area contributed by atoms with E-state index in [2.05, 4.69) is 10.3 Å². The molecule has 1 amide bonds. The van der Waals surface area contributed by atoms with Gasteiger partial charge in [0.05, 0.1) is 17.3 Å². The topological polar surface area (TPSA) is 42.0 Å². The van der Waals surface area contributed by atoms with Crippen LogP contribution in [-0.4, -0.2) is 28.2 Å². The predicted molar refractivity (Wildman–Crippen MR) is 61.5 cm³/mol. The summed E-state index contributed by atoms with van der Waals surface area (Å²) in [4.78, 5) is 15.3. The average Bonchev–Trinajstić information content (AvgIpc) is 2.29. The fraction of sp³-hybridized carbons (Fsp3) is 0.400. The minimum atomic E-state index is -0.754. The second-order valence-corrected chi connectivity index (χ2v) is 4.17. The lowest BCUT2D eigenvalue weighted by atomic mass is 10.1. The molecule has 1 N–H and O–H groups in total. The molecule has 1 aromatic heterocycles. The van der Waals surface area contributed by atoms with Crippen molar-refractivity contribution in [3.8, 4) is 0 Å². The van der Waals surface area contributed by atoms with Gasteiger partial charge in [0.25, 0.3) is 5.91 Å². The Hall–Kier alpha value is -0.870. The Morgan fingerprint density at radius 1 is 1.56 bits per heavy atom. The molecule has 3 nitrogen and oxygen atoms in total. The van der Waals surface area contributed by atoms with E-state index in [9.17, 15) is 9.18 Å². The van der Waals surface area contributed by atoms with Gasteiger partial charge in [-0.1, -0.05) is 0 Å². The van der Waals surface area contributed by atoms with Gasteiger partial charge in [-0.2, -0.15) is 0 Å². The Morgan fingerprint density at radius 3 is 2.69 bits per heavy atom. The third-order valence-electron chi connectivity index (χ3n) is 2.02. The van der Waals surface area contributed by atoms with Crippen LogP contribution in [-0.2, 0) is 0 Å². The highest BCUT2D eigenvalue weighted by Crippen LogP contribution is 2.12. The Labute approximate surface area is 103 Å². The van der Waals surface area contributed by atoms with Gasteiger partial charge in [0.15, 0.2) is 5.82 Å². The molecule has 0 unspecified atom stereocenters. The van der Waals surface area contributed by atoms with Crippen molar-refractivity contribution in [1.82, 2.24) is 10.3 Å². The van der Waals surface area contributed by atoms with E-state index in [0.717, 1.165) is 6.20 Å². The van der Waals surface area contributed by atoms with Crippen molar-refractivity contribution in [3.05, 3.63) is 29.8 Å². The molecule has 1 rings (SSSR count). The summed E-state index contributed by atoms with van der Waals surface area (Å²) < 4.78 is 13.2. The summed E-state index contributed by atoms with van der Waals surface area (Å²) in [5.41, 5.74) is -0.827. The number of pyridine rings is 1. The molecule has 1 aromatic rings. The van der Waals surface area contributed by atoms with Crippen molar-refractivity contribution in [3.63, 3.8) is 0 Å². The minimum Gasteiger partial charge on any atom is -0.344 e. The molecule has 0 aromatic carbocycles. The van der Waals surface area contributed by atoms with E-state index in [0.29, 0.717) is 0 Å². The number of nitrogens with one attached hydrogen (secondary N) is 1. The summed E-state index contributed by atoms with van der Waals surface area (Å²) in [6.45, 7) is 1.68. The number of hydrogen-bond donors (Lipinski definition) is 1. The predicted octanol–water partition coefficient (Wildman–Crippen LogP) is 2.19. The molecule has 1 heterocycles. The van der Waals surface area contributed by atoms with Crippen LogP contribution in [0.4, 0.5) is 4.39 Å². The molecule has 0 saturated carbocycles. The monoisotopic (exact) mass is 264 g/mol. The lowest BCUT2D eigenvalue weighted by Crippen LogP contribution is -2.49. The number of nitrogens with zero attached hydrogens (tertiary/aromatic N) is 1. The van der Waals surface area contributed by atoms with Gasteiger partial charge in [0.2, 0.25) is 0 Å². The molecule has 0 bridgehead atoms. The first-order valence-corrected chi connectivity index (χ1v) is 5.63. The lowest BCUT2D eigenvalue weighted by molar-refractivity contribution is 0.0917. The van der Waals surface area contributed by atoms with Gasteiger partial charge in [0, 0.05) is 18.0 Å². The van der Waals surface area contributed by atoms with Crippen molar-refractivity contribution in [1.29, 1.82) is 0 Å². The number of rotatable bonds is 4. The molecule has 16 heavy (non-hydrogen) atoms. The van der Waals surface area contributed by atoms with Crippen LogP contribution in [0.15, 0.2) is 18.5 Å². The van der Waals surface area contributed by atoms with Gasteiger partial charge in [-0.15, -0.1) is 23.2 Å². The maximum Gasteiger partial charge on any atom is 0.254 e. The molecule has 0 radical (unpaired) electrons. The second kappa shape index (κ2) is 5.46. The van der Waals surface area contributed by atoms with E-state index in [1.165, 1.54) is 12.3 Å². The first-order valence-electron chi connectivity index (χ1n) is 4.56. The molecule has 88 valence electrons. The van der Waals surface area contributed by atoms with E-state index in [1.807, 2.05) is 0 Å². The Kier molecular flexibility index (Phi) is 4.50. The third-order valence-corrected chi connectivity index (χ3v) is 3.20. The Morgan fingerprint density at radius 2 is 2.19 bits per heavy atom. The molecule has 0 fully saturated rings. The maximum absolute atomic E-state index is 13.2. The summed E-state index contributed by atoms with van der Waals surface area (Å²) in [5.74, 6) is -0.931. The SMILES string of the molecule is CC(CCl)(CCl)NC(=O)c1ccncc1F. The number of carbonyl (C=O) groups excluding carboxylic acids is 1. The zero-order valence-electron chi connectivity index (χ0n) is 8.64. The molecular weight excluding hydrogens is 254 g/mol. The molecule has 0 atom stereocenters. The number of aromatic nitrogens is 1. The highest BCUT2D eigenvalue weighted by molar-refractivity contribution is 6.22. The standard InChI is InChI=1S/C10H11Cl2FN2O/c1-10(5-11,6-12)15-9(16)7-2-3-14-4-8(7)13/h2-4H,5-6H2,1H3,(H,15,16). The highest BCUT2D eigenvalue weighted by atomic mass is 35.5. The van der Waals surface area contributed by atoms with Crippen molar-refractivity contribution in [2.24, 2.45) is 0 Å². The zero-order chi connectivity index (χ0) is 12.2. The summed E-state index contributed by atoms with van der Waals surface area (Å²) in [5, 5.41) is 2.58. The van der Waals surface area contributed by atoms with Crippen LogP contribution in [0, 0.1) is 5.82 Å². The smallest absolute Gasteiger partial charge is 0.254 e. The first-order chi connectivity index (χ1) is 7.52. The van der Waals surface area contributed by atoms with Gasteiger partial charge >= 0.3 is 0 Å². The Bertz CT molecular complexity index is 383. The van der Waals surface area contributed by atoms with Crippen molar-refractivity contribution in [2.45, 2.75) is 12.5 Å². The van der Waals surface area contributed by atoms with E-state index >= 15 is 0 Å². The van der Waals surface area contributed by atoms with E-state index in [1.54, 1.807) is 6.92 Å². The van der Waals surface area contributed by atoms with Gasteiger partial charge in [-0.05, 0) is 13.0 Å². The largest absolute Gasteiger partial charge is 0.344 e. The van der Waals surface area contributed by atoms with Crippen LogP contribution < -0.4 is 5.32 Å². The summed E-state index contributed by atoms with van der Waals surface area (Å²) in [7, 11) is 0. The van der Waals surface area contributed by atoms with Crippen LogP contribution in [0.3, 0.4) is 0 Å². The van der Waals surface area contributed by atoms with Gasteiger partial charge in [0.1, 0.15) is 0 Å². The van der Waals surface area contributed by atoms with E-state index in [4.69, 9.17) is 23.2 Å². The summed E-state index contributed by atoms with van der Waals surface area (Å²) >= 11 is 11.3. The van der Waals surface area contributed by atoms with Crippen LogP contribution in [0.25, 0.3) is 0 Å². The quantitative estimate of drug-likeness (QED) is 0.848. The van der Waals surface area contributed by atoms with Crippen molar-refractivity contribution < 1.29 is 9.18 Å². The minimum absolute atomic E-state index is 0.0727. The average molecular weight is 265 g/mol. The maximum atomic E-state index is 13.2. The normalized spacial score (nSPS) is 11.2. The molecular formula is C10H11Cl2FN2O. The summed E-state index contributed by atoms with van der Waals surface area (Å²) in [6.07, 6.45) is 2.32. The van der Waals surface area contributed by atoms with E-state index in [-0.39, 0.29) is 17.3 Å². The number of alkyl halides is 2. The number of carbonyl (C=O) groups is 1. The Balaban J connectivity index is 2.84. The molecule has 0 aliphatic heterocycles. The fourth-order valence-electron chi connectivity index (χ4n) is 1.00. The zero-order valence-corrected chi connectivity index (χ0v) is 10.1. The van der Waals surface area contributed by atoms with Crippen molar-refractivity contribution >= 4 is 29.1 Å². The second-order valence-electron chi connectivity index (χ2n) is 3.64. The molecule has 0 aliphatic rings. The molecule has 0 aliphatic carbocycles. The van der Waals surface area contributed by atoms with Crippen molar-refractivity contribution in [2.75, 3.05) is 11.8 Å². The van der Waals surface area contributed by atoms with Crippen LogP contribution in [0.2, 0.25) is 0 Å². The van der Waals surface area contributed by atoms with Crippen LogP contribution >= 0.6 is 23.2 Å². The summed E-state index contributed by atoms with van der Waals surface area (Å²) in [6, 6.07) is 1.30.